The zero-order valence-corrected chi connectivity index (χ0v) is 15.5. The summed E-state index contributed by atoms with van der Waals surface area (Å²) in [5.74, 6) is -0.924. The van der Waals surface area contributed by atoms with Gasteiger partial charge in [-0.3, -0.25) is 14.4 Å². The first-order valence-corrected chi connectivity index (χ1v) is 9.20. The molecular weight excluding hydrogens is 370 g/mol. The summed E-state index contributed by atoms with van der Waals surface area (Å²) >= 11 is 0. The summed E-state index contributed by atoms with van der Waals surface area (Å²) in [6.45, 7) is 0.186. The number of H-pyrrole nitrogens is 1. The molecule has 4 rings (SSSR count). The predicted molar refractivity (Wildman–Crippen MR) is 109 cm³/mol. The predicted octanol–water partition coefficient (Wildman–Crippen LogP) is 1.26. The Labute approximate surface area is 165 Å². The van der Waals surface area contributed by atoms with Gasteiger partial charge in [-0.2, -0.15) is 0 Å². The van der Waals surface area contributed by atoms with Crippen molar-refractivity contribution in [2.75, 3.05) is 13.1 Å². The second-order valence-electron chi connectivity index (χ2n) is 6.56. The lowest BCUT2D eigenvalue weighted by Crippen LogP contribution is -2.39. The van der Waals surface area contributed by atoms with Gasteiger partial charge in [0.25, 0.3) is 5.91 Å². The van der Waals surface area contributed by atoms with E-state index in [0.29, 0.717) is 23.9 Å². The monoisotopic (exact) mass is 389 g/mol. The molecule has 0 radical (unpaired) electrons. The lowest BCUT2D eigenvalue weighted by Gasteiger charge is -2.07. The molecule has 0 spiro atoms. The average molecular weight is 389 g/mol. The fraction of sp³-hybridized carbons (Fsp3) is 0.143. The molecule has 3 heterocycles. The Morgan fingerprint density at radius 3 is 2.76 bits per heavy atom. The van der Waals surface area contributed by atoms with Gasteiger partial charge in [-0.05, 0) is 24.3 Å². The van der Waals surface area contributed by atoms with Gasteiger partial charge in [0.1, 0.15) is 11.2 Å². The molecule has 3 N–H and O–H groups in total. The highest BCUT2D eigenvalue weighted by molar-refractivity contribution is 5.98. The molecule has 0 aliphatic carbocycles. The summed E-state index contributed by atoms with van der Waals surface area (Å²) in [5.41, 5.74) is 1.97. The maximum atomic E-state index is 12.4. The van der Waals surface area contributed by atoms with E-state index in [1.807, 2.05) is 35.0 Å². The number of nitrogens with zero attached hydrogens (tertiary/aromatic N) is 2. The second kappa shape index (κ2) is 7.97. The summed E-state index contributed by atoms with van der Waals surface area (Å²) in [6.07, 6.45) is 5.76. The number of imidazole rings is 1. The Balaban J connectivity index is 1.29. The Morgan fingerprint density at radius 1 is 1.07 bits per heavy atom. The fourth-order valence-electron chi connectivity index (χ4n) is 3.09. The summed E-state index contributed by atoms with van der Waals surface area (Å²) in [7, 11) is 0. The van der Waals surface area contributed by atoms with E-state index in [-0.39, 0.29) is 23.4 Å². The minimum absolute atomic E-state index is 0.0267. The van der Waals surface area contributed by atoms with Crippen LogP contribution in [0.3, 0.4) is 0 Å². The normalized spacial score (nSPS) is 10.9. The second-order valence-corrected chi connectivity index (χ2v) is 6.56. The SMILES string of the molecule is O=C(CNC(=O)c1c[nH]c2ccccc2c1=O)NCCc1cn2ccccc2n1. The van der Waals surface area contributed by atoms with Crippen LogP contribution in [0.15, 0.2) is 65.8 Å². The molecule has 8 heteroatoms. The van der Waals surface area contributed by atoms with Crippen molar-refractivity contribution in [1.82, 2.24) is 25.0 Å². The highest BCUT2D eigenvalue weighted by atomic mass is 16.2. The quantitative estimate of drug-likeness (QED) is 0.461. The van der Waals surface area contributed by atoms with Crippen molar-refractivity contribution in [3.05, 3.63) is 82.5 Å². The van der Waals surface area contributed by atoms with Crippen LogP contribution in [0, 0.1) is 0 Å². The lowest BCUT2D eigenvalue weighted by molar-refractivity contribution is -0.120. The molecule has 0 aliphatic rings. The molecule has 8 nitrogen and oxygen atoms in total. The third-order valence-electron chi connectivity index (χ3n) is 4.56. The fourth-order valence-corrected chi connectivity index (χ4v) is 3.09. The molecule has 1 aromatic carbocycles. The topological polar surface area (TPSA) is 108 Å². The first-order valence-electron chi connectivity index (χ1n) is 9.20. The number of aromatic amines is 1. The average Bonchev–Trinajstić information content (AvgIpc) is 3.15. The molecule has 0 saturated heterocycles. The molecule has 146 valence electrons. The first kappa shape index (κ1) is 18.4. The van der Waals surface area contributed by atoms with Crippen LogP contribution < -0.4 is 16.1 Å². The van der Waals surface area contributed by atoms with E-state index in [2.05, 4.69) is 20.6 Å². The molecule has 0 atom stereocenters. The smallest absolute Gasteiger partial charge is 0.257 e. The van der Waals surface area contributed by atoms with E-state index in [1.54, 1.807) is 24.3 Å². The van der Waals surface area contributed by atoms with E-state index in [9.17, 15) is 14.4 Å². The molecule has 0 unspecified atom stereocenters. The number of hydrogen-bond acceptors (Lipinski definition) is 4. The number of rotatable bonds is 6. The minimum atomic E-state index is -0.590. The number of carbonyl (C=O) groups is 2. The molecule has 3 aromatic heterocycles. The van der Waals surface area contributed by atoms with Crippen LogP contribution in [0.25, 0.3) is 16.6 Å². The van der Waals surface area contributed by atoms with Gasteiger partial charge in [0.2, 0.25) is 11.3 Å². The minimum Gasteiger partial charge on any atom is -0.360 e. The van der Waals surface area contributed by atoms with Crippen molar-refractivity contribution < 1.29 is 9.59 Å². The Morgan fingerprint density at radius 2 is 1.90 bits per heavy atom. The van der Waals surface area contributed by atoms with Gasteiger partial charge in [0.15, 0.2) is 0 Å². The van der Waals surface area contributed by atoms with Crippen LogP contribution >= 0.6 is 0 Å². The standard InChI is InChI=1S/C21H19N5O3/c27-19(22-9-8-14-13-26-10-4-3-7-18(26)25-14)12-24-21(29)16-11-23-17-6-2-1-5-15(17)20(16)28/h1-7,10-11,13H,8-9,12H2,(H,22,27)(H,23,28)(H,24,29). The van der Waals surface area contributed by atoms with Gasteiger partial charge < -0.3 is 20.0 Å². The van der Waals surface area contributed by atoms with E-state index >= 15 is 0 Å². The summed E-state index contributed by atoms with van der Waals surface area (Å²) in [6, 6.07) is 12.7. The van der Waals surface area contributed by atoms with Crippen LogP contribution in [0.5, 0.6) is 0 Å². The molecule has 0 bridgehead atoms. The van der Waals surface area contributed by atoms with Gasteiger partial charge >= 0.3 is 0 Å². The summed E-state index contributed by atoms with van der Waals surface area (Å²) in [5, 5.41) is 5.65. The molecule has 4 aromatic rings. The molecule has 0 saturated carbocycles. The van der Waals surface area contributed by atoms with Crippen LogP contribution in [-0.4, -0.2) is 39.3 Å². The van der Waals surface area contributed by atoms with Gasteiger partial charge in [-0.1, -0.05) is 18.2 Å². The highest BCUT2D eigenvalue weighted by Gasteiger charge is 2.13. The van der Waals surface area contributed by atoms with Crippen molar-refractivity contribution in [2.45, 2.75) is 6.42 Å². The number of fused-ring (bicyclic) bond motifs is 2. The lowest BCUT2D eigenvalue weighted by atomic mass is 10.1. The van der Waals surface area contributed by atoms with Crippen molar-refractivity contribution in [2.24, 2.45) is 0 Å². The molecule has 29 heavy (non-hydrogen) atoms. The first-order chi connectivity index (χ1) is 14.1. The van der Waals surface area contributed by atoms with E-state index in [0.717, 1.165) is 11.3 Å². The Kier molecular flexibility index (Phi) is 5.07. The number of benzene rings is 1. The van der Waals surface area contributed by atoms with Crippen molar-refractivity contribution in [3.63, 3.8) is 0 Å². The van der Waals surface area contributed by atoms with Crippen LogP contribution in [0.2, 0.25) is 0 Å². The third kappa shape index (κ3) is 4.01. The zero-order chi connectivity index (χ0) is 20.2. The Hall–Kier alpha value is -3.94. The Bertz CT molecular complexity index is 1220. The van der Waals surface area contributed by atoms with Crippen molar-refractivity contribution in [3.8, 4) is 0 Å². The maximum Gasteiger partial charge on any atom is 0.257 e. The van der Waals surface area contributed by atoms with Crippen molar-refractivity contribution in [1.29, 1.82) is 0 Å². The number of nitrogens with one attached hydrogen (secondary N) is 3. The largest absolute Gasteiger partial charge is 0.360 e. The number of amides is 2. The number of carbonyl (C=O) groups excluding carboxylic acids is 2. The molecule has 0 aliphatic heterocycles. The van der Waals surface area contributed by atoms with Crippen LogP contribution in [0.1, 0.15) is 16.1 Å². The number of para-hydroxylation sites is 1. The number of pyridine rings is 2. The van der Waals surface area contributed by atoms with Gasteiger partial charge in [-0.25, -0.2) is 4.98 Å². The van der Waals surface area contributed by atoms with Gasteiger partial charge in [0, 0.05) is 42.5 Å². The van der Waals surface area contributed by atoms with E-state index < -0.39 is 5.91 Å². The maximum absolute atomic E-state index is 12.4. The third-order valence-corrected chi connectivity index (χ3v) is 4.56. The van der Waals surface area contributed by atoms with Gasteiger partial charge in [-0.15, -0.1) is 0 Å². The molecule has 0 fully saturated rings. The number of hydrogen-bond donors (Lipinski definition) is 3. The zero-order valence-electron chi connectivity index (χ0n) is 15.5. The summed E-state index contributed by atoms with van der Waals surface area (Å²) < 4.78 is 1.92. The number of aromatic nitrogens is 3. The van der Waals surface area contributed by atoms with Crippen molar-refractivity contribution >= 4 is 28.4 Å². The van der Waals surface area contributed by atoms with Crippen LogP contribution in [-0.2, 0) is 11.2 Å². The van der Waals surface area contributed by atoms with E-state index in [1.165, 1.54) is 6.20 Å². The summed E-state index contributed by atoms with van der Waals surface area (Å²) in [4.78, 5) is 44.1. The van der Waals surface area contributed by atoms with E-state index in [4.69, 9.17) is 0 Å². The highest BCUT2D eigenvalue weighted by Crippen LogP contribution is 2.07. The van der Waals surface area contributed by atoms with Gasteiger partial charge in [0.05, 0.1) is 12.2 Å². The molecule has 2 amide bonds. The van der Waals surface area contributed by atoms with Crippen LogP contribution in [0.4, 0.5) is 0 Å². The molecular formula is C21H19N5O3.